The Hall–Kier alpha value is -1.68. The van der Waals surface area contributed by atoms with E-state index >= 15 is 0 Å². The Kier molecular flexibility index (Phi) is 2.67. The Bertz CT molecular complexity index is 731. The van der Waals surface area contributed by atoms with Crippen LogP contribution in [0.1, 0.15) is 11.1 Å². The molecule has 0 radical (unpaired) electrons. The second-order valence-corrected chi connectivity index (χ2v) is 5.29. The second-order valence-electron chi connectivity index (χ2n) is 4.43. The molecule has 3 aromatic rings. The molecule has 0 amide bonds. The van der Waals surface area contributed by atoms with Crippen LogP contribution in [0.25, 0.3) is 22.6 Å². The van der Waals surface area contributed by atoms with E-state index in [0.717, 1.165) is 32.6 Å². The summed E-state index contributed by atoms with van der Waals surface area (Å²) in [4.78, 5) is 12.1. The van der Waals surface area contributed by atoms with E-state index in [4.69, 9.17) is 0 Å². The number of nitrogens with zero attached hydrogens (tertiary/aromatic N) is 2. The van der Waals surface area contributed by atoms with Crippen molar-refractivity contribution >= 4 is 27.1 Å². The van der Waals surface area contributed by atoms with E-state index in [1.165, 1.54) is 5.56 Å². The Morgan fingerprint density at radius 3 is 2.78 bits per heavy atom. The number of benzene rings is 1. The van der Waals surface area contributed by atoms with Crippen LogP contribution in [0.3, 0.4) is 0 Å². The minimum atomic E-state index is 0.757. The number of rotatable bonds is 1. The fourth-order valence-corrected chi connectivity index (χ4v) is 2.26. The number of hydrogen-bond acceptors (Lipinski definition) is 2. The highest BCUT2D eigenvalue weighted by Gasteiger charge is 2.07. The van der Waals surface area contributed by atoms with Gasteiger partial charge in [0, 0.05) is 16.2 Å². The molecule has 2 heterocycles. The lowest BCUT2D eigenvalue weighted by Gasteiger charge is -2.00. The van der Waals surface area contributed by atoms with Gasteiger partial charge in [-0.15, -0.1) is 0 Å². The van der Waals surface area contributed by atoms with Crippen molar-refractivity contribution in [3.63, 3.8) is 0 Å². The summed E-state index contributed by atoms with van der Waals surface area (Å²) >= 11 is 3.54. The fraction of sp³-hybridized carbons (Fsp3) is 0.143. The maximum atomic E-state index is 4.51. The summed E-state index contributed by atoms with van der Waals surface area (Å²) in [6, 6.07) is 8.26. The van der Waals surface area contributed by atoms with Gasteiger partial charge in [-0.25, -0.2) is 9.97 Å². The normalized spacial score (nSPS) is 11.1. The number of aromatic amines is 1. The van der Waals surface area contributed by atoms with Gasteiger partial charge in [-0.1, -0.05) is 28.1 Å². The summed E-state index contributed by atoms with van der Waals surface area (Å²) in [6.07, 6.45) is 1.83. The van der Waals surface area contributed by atoms with Gasteiger partial charge in [0.25, 0.3) is 0 Å². The Labute approximate surface area is 113 Å². The number of hydrogen-bond donors (Lipinski definition) is 1. The SMILES string of the molecule is Cc1cnc2nc(-c3ccc(C)c(Br)c3)[nH]c2c1. The van der Waals surface area contributed by atoms with E-state index < -0.39 is 0 Å². The molecule has 0 fully saturated rings. The van der Waals surface area contributed by atoms with Crippen LogP contribution in [0, 0.1) is 13.8 Å². The standard InChI is InChI=1S/C14H12BrN3/c1-8-5-12-14(16-7-8)18-13(17-12)10-4-3-9(2)11(15)6-10/h3-7H,1-2H3,(H,16,17,18). The molecule has 0 aliphatic heterocycles. The second kappa shape index (κ2) is 4.21. The zero-order valence-corrected chi connectivity index (χ0v) is 11.7. The van der Waals surface area contributed by atoms with Gasteiger partial charge in [0.2, 0.25) is 0 Å². The van der Waals surface area contributed by atoms with Gasteiger partial charge in [-0.3, -0.25) is 0 Å². The number of aryl methyl sites for hydroxylation is 2. The third-order valence-corrected chi connectivity index (χ3v) is 3.77. The van der Waals surface area contributed by atoms with Crippen molar-refractivity contribution in [2.45, 2.75) is 13.8 Å². The topological polar surface area (TPSA) is 41.6 Å². The minimum Gasteiger partial charge on any atom is -0.337 e. The highest BCUT2D eigenvalue weighted by molar-refractivity contribution is 9.10. The van der Waals surface area contributed by atoms with Crippen LogP contribution in [0.4, 0.5) is 0 Å². The van der Waals surface area contributed by atoms with Gasteiger partial charge in [-0.05, 0) is 37.1 Å². The first kappa shape index (κ1) is 11.4. The largest absolute Gasteiger partial charge is 0.337 e. The number of aromatic nitrogens is 3. The van der Waals surface area contributed by atoms with Crippen molar-refractivity contribution in [2.24, 2.45) is 0 Å². The first-order valence-electron chi connectivity index (χ1n) is 5.72. The first-order chi connectivity index (χ1) is 8.63. The molecule has 18 heavy (non-hydrogen) atoms. The molecule has 1 aromatic carbocycles. The van der Waals surface area contributed by atoms with E-state index in [2.05, 4.69) is 62.1 Å². The average Bonchev–Trinajstić information content (AvgIpc) is 2.75. The average molecular weight is 302 g/mol. The van der Waals surface area contributed by atoms with E-state index in [1.54, 1.807) is 0 Å². The molecule has 1 N–H and O–H groups in total. The van der Waals surface area contributed by atoms with Gasteiger partial charge < -0.3 is 4.98 Å². The third kappa shape index (κ3) is 1.93. The summed E-state index contributed by atoms with van der Waals surface area (Å²) in [5, 5.41) is 0. The molecule has 4 heteroatoms. The predicted octanol–water partition coefficient (Wildman–Crippen LogP) is 4.00. The van der Waals surface area contributed by atoms with Crippen LogP contribution in [0.15, 0.2) is 34.9 Å². The number of pyridine rings is 1. The fourth-order valence-electron chi connectivity index (χ4n) is 1.88. The molecule has 0 aliphatic rings. The highest BCUT2D eigenvalue weighted by Crippen LogP contribution is 2.25. The van der Waals surface area contributed by atoms with Crippen molar-refractivity contribution in [3.05, 3.63) is 46.1 Å². The van der Waals surface area contributed by atoms with Crippen LogP contribution in [0.2, 0.25) is 0 Å². The van der Waals surface area contributed by atoms with Gasteiger partial charge in [0.05, 0.1) is 5.52 Å². The predicted molar refractivity (Wildman–Crippen MR) is 76.5 cm³/mol. The summed E-state index contributed by atoms with van der Waals surface area (Å²) in [6.45, 7) is 4.09. The number of fused-ring (bicyclic) bond motifs is 1. The smallest absolute Gasteiger partial charge is 0.178 e. The molecular weight excluding hydrogens is 290 g/mol. The molecule has 0 saturated heterocycles. The van der Waals surface area contributed by atoms with Crippen LogP contribution >= 0.6 is 15.9 Å². The van der Waals surface area contributed by atoms with Gasteiger partial charge in [0.15, 0.2) is 5.65 Å². The number of H-pyrrole nitrogens is 1. The van der Waals surface area contributed by atoms with Crippen molar-refractivity contribution in [1.82, 2.24) is 15.0 Å². The number of nitrogens with one attached hydrogen (secondary N) is 1. The van der Waals surface area contributed by atoms with Crippen molar-refractivity contribution in [1.29, 1.82) is 0 Å². The first-order valence-corrected chi connectivity index (χ1v) is 6.52. The molecular formula is C14H12BrN3. The number of halogens is 1. The quantitative estimate of drug-likeness (QED) is 0.738. The maximum Gasteiger partial charge on any atom is 0.178 e. The summed E-state index contributed by atoms with van der Waals surface area (Å²) < 4.78 is 1.09. The zero-order valence-electron chi connectivity index (χ0n) is 10.2. The Morgan fingerprint density at radius 2 is 2.00 bits per heavy atom. The Morgan fingerprint density at radius 1 is 1.17 bits per heavy atom. The van der Waals surface area contributed by atoms with Crippen molar-refractivity contribution < 1.29 is 0 Å². The van der Waals surface area contributed by atoms with E-state index in [0.29, 0.717) is 0 Å². The number of imidazole rings is 1. The molecule has 3 nitrogen and oxygen atoms in total. The summed E-state index contributed by atoms with van der Waals surface area (Å²) in [7, 11) is 0. The molecule has 0 atom stereocenters. The monoisotopic (exact) mass is 301 g/mol. The van der Waals surface area contributed by atoms with Crippen LogP contribution in [-0.4, -0.2) is 15.0 Å². The van der Waals surface area contributed by atoms with Crippen LogP contribution in [-0.2, 0) is 0 Å². The lowest BCUT2D eigenvalue weighted by Crippen LogP contribution is -1.82. The van der Waals surface area contributed by atoms with Gasteiger partial charge in [-0.2, -0.15) is 0 Å². The molecule has 90 valence electrons. The van der Waals surface area contributed by atoms with Crippen LogP contribution in [0.5, 0.6) is 0 Å². The van der Waals surface area contributed by atoms with E-state index in [-0.39, 0.29) is 0 Å². The highest BCUT2D eigenvalue weighted by atomic mass is 79.9. The Balaban J connectivity index is 2.16. The molecule has 0 saturated carbocycles. The summed E-state index contributed by atoms with van der Waals surface area (Å²) in [5.74, 6) is 0.851. The zero-order chi connectivity index (χ0) is 12.7. The van der Waals surface area contributed by atoms with E-state index in [1.807, 2.05) is 13.1 Å². The van der Waals surface area contributed by atoms with Gasteiger partial charge in [0.1, 0.15) is 5.82 Å². The molecule has 0 spiro atoms. The lowest BCUT2D eigenvalue weighted by atomic mass is 10.1. The lowest BCUT2D eigenvalue weighted by molar-refractivity contribution is 1.28. The van der Waals surface area contributed by atoms with Crippen molar-refractivity contribution in [3.8, 4) is 11.4 Å². The third-order valence-electron chi connectivity index (χ3n) is 2.92. The maximum absolute atomic E-state index is 4.51. The summed E-state index contributed by atoms with van der Waals surface area (Å²) in [5.41, 5.74) is 5.13. The van der Waals surface area contributed by atoms with Crippen molar-refractivity contribution in [2.75, 3.05) is 0 Å². The molecule has 0 bridgehead atoms. The molecule has 3 rings (SSSR count). The molecule has 0 unspecified atom stereocenters. The minimum absolute atomic E-state index is 0.757. The van der Waals surface area contributed by atoms with Gasteiger partial charge >= 0.3 is 0 Å². The van der Waals surface area contributed by atoms with Crippen LogP contribution < -0.4 is 0 Å². The molecule has 2 aromatic heterocycles. The van der Waals surface area contributed by atoms with E-state index in [9.17, 15) is 0 Å². The molecule has 0 aliphatic carbocycles.